The van der Waals surface area contributed by atoms with Crippen molar-refractivity contribution in [2.24, 2.45) is 11.7 Å². The molecule has 0 aromatic rings. The fraction of sp³-hybridized carbons (Fsp3) is 0.737. The SMILES string of the molecule is CCC(C)C(N)C(=O)N1CCCC1C(=O)NC(CCC(=O)O)C(=O)NC(C)C(=O)O. The topological polar surface area (TPSA) is 179 Å². The molecule has 11 nitrogen and oxygen atoms in total. The average Bonchev–Trinajstić information content (AvgIpc) is 3.18. The molecule has 11 heteroatoms. The van der Waals surface area contributed by atoms with Gasteiger partial charge in [0.15, 0.2) is 0 Å². The van der Waals surface area contributed by atoms with Crippen molar-refractivity contribution in [1.29, 1.82) is 0 Å². The number of nitrogens with zero attached hydrogens (tertiary/aromatic N) is 1. The summed E-state index contributed by atoms with van der Waals surface area (Å²) in [6, 6.07) is -4.01. The summed E-state index contributed by atoms with van der Waals surface area (Å²) >= 11 is 0. The van der Waals surface area contributed by atoms with Crippen LogP contribution in [0.4, 0.5) is 0 Å². The number of carboxylic acid groups (broad SMARTS) is 2. The molecule has 30 heavy (non-hydrogen) atoms. The van der Waals surface area contributed by atoms with Crippen molar-refractivity contribution >= 4 is 29.7 Å². The van der Waals surface area contributed by atoms with Gasteiger partial charge in [0.25, 0.3) is 0 Å². The average molecular weight is 428 g/mol. The maximum atomic E-state index is 12.8. The number of carbonyl (C=O) groups is 5. The second kappa shape index (κ2) is 11.5. The molecule has 0 aromatic carbocycles. The zero-order valence-electron chi connectivity index (χ0n) is 17.6. The van der Waals surface area contributed by atoms with Crippen molar-refractivity contribution in [2.75, 3.05) is 6.54 Å². The van der Waals surface area contributed by atoms with Gasteiger partial charge in [0.05, 0.1) is 6.04 Å². The Kier molecular flexibility index (Phi) is 9.70. The minimum absolute atomic E-state index is 0.0617. The predicted molar refractivity (Wildman–Crippen MR) is 106 cm³/mol. The Balaban J connectivity index is 2.90. The molecule has 1 heterocycles. The van der Waals surface area contributed by atoms with Gasteiger partial charge >= 0.3 is 11.9 Å². The van der Waals surface area contributed by atoms with E-state index in [1.807, 2.05) is 13.8 Å². The number of hydrogen-bond acceptors (Lipinski definition) is 6. The number of rotatable bonds is 11. The first-order valence-corrected chi connectivity index (χ1v) is 10.1. The van der Waals surface area contributed by atoms with E-state index in [0.717, 1.165) is 0 Å². The molecule has 0 aromatic heterocycles. The molecule has 3 amide bonds. The molecule has 1 saturated heterocycles. The van der Waals surface area contributed by atoms with E-state index in [-0.39, 0.29) is 18.2 Å². The molecular weight excluding hydrogens is 396 g/mol. The predicted octanol–water partition coefficient (Wildman–Crippen LogP) is -0.710. The summed E-state index contributed by atoms with van der Waals surface area (Å²) in [7, 11) is 0. The number of amides is 3. The van der Waals surface area contributed by atoms with Crippen molar-refractivity contribution in [1.82, 2.24) is 15.5 Å². The van der Waals surface area contributed by atoms with Crippen LogP contribution in [0.25, 0.3) is 0 Å². The molecule has 1 aliphatic heterocycles. The van der Waals surface area contributed by atoms with Gasteiger partial charge in [-0.2, -0.15) is 0 Å². The van der Waals surface area contributed by atoms with Gasteiger partial charge in [-0.25, -0.2) is 0 Å². The van der Waals surface area contributed by atoms with Crippen molar-refractivity contribution in [3.8, 4) is 0 Å². The first-order valence-electron chi connectivity index (χ1n) is 10.1. The van der Waals surface area contributed by atoms with Crippen LogP contribution in [-0.2, 0) is 24.0 Å². The highest BCUT2D eigenvalue weighted by Crippen LogP contribution is 2.21. The lowest BCUT2D eigenvalue weighted by Gasteiger charge is -2.30. The smallest absolute Gasteiger partial charge is 0.325 e. The van der Waals surface area contributed by atoms with E-state index in [9.17, 15) is 24.0 Å². The molecule has 5 unspecified atom stereocenters. The van der Waals surface area contributed by atoms with E-state index < -0.39 is 54.3 Å². The molecule has 0 spiro atoms. The van der Waals surface area contributed by atoms with E-state index in [4.69, 9.17) is 15.9 Å². The van der Waals surface area contributed by atoms with Gasteiger partial charge in [-0.15, -0.1) is 0 Å². The van der Waals surface area contributed by atoms with Gasteiger partial charge < -0.3 is 31.5 Å². The quantitative estimate of drug-likeness (QED) is 0.286. The summed E-state index contributed by atoms with van der Waals surface area (Å²) in [6.07, 6.45) is 1.08. The second-order valence-electron chi connectivity index (χ2n) is 7.66. The molecule has 0 aliphatic carbocycles. The first kappa shape index (κ1) is 25.3. The van der Waals surface area contributed by atoms with Gasteiger partial charge in [-0.05, 0) is 32.1 Å². The molecule has 5 atom stereocenters. The third-order valence-corrected chi connectivity index (χ3v) is 5.39. The summed E-state index contributed by atoms with van der Waals surface area (Å²) in [6.45, 7) is 5.38. The summed E-state index contributed by atoms with van der Waals surface area (Å²) in [5.74, 6) is -4.22. The number of hydrogen-bond donors (Lipinski definition) is 5. The van der Waals surface area contributed by atoms with Crippen LogP contribution in [0.5, 0.6) is 0 Å². The van der Waals surface area contributed by atoms with Crippen molar-refractivity contribution in [3.05, 3.63) is 0 Å². The Labute approximate surface area is 175 Å². The van der Waals surface area contributed by atoms with Crippen LogP contribution < -0.4 is 16.4 Å². The molecule has 0 radical (unpaired) electrons. The fourth-order valence-corrected chi connectivity index (χ4v) is 3.17. The largest absolute Gasteiger partial charge is 0.481 e. The van der Waals surface area contributed by atoms with Crippen LogP contribution in [0.1, 0.15) is 52.9 Å². The molecular formula is C19H32N4O7. The molecule has 1 aliphatic rings. The number of aliphatic carboxylic acids is 2. The van der Waals surface area contributed by atoms with Crippen LogP contribution in [0.15, 0.2) is 0 Å². The normalized spacial score (nSPS) is 20.0. The van der Waals surface area contributed by atoms with Crippen LogP contribution >= 0.6 is 0 Å². The van der Waals surface area contributed by atoms with Gasteiger partial charge in [-0.1, -0.05) is 20.3 Å². The Hall–Kier alpha value is -2.69. The summed E-state index contributed by atoms with van der Waals surface area (Å²) in [4.78, 5) is 61.2. The summed E-state index contributed by atoms with van der Waals surface area (Å²) in [5.41, 5.74) is 6.02. The zero-order chi connectivity index (χ0) is 23.0. The van der Waals surface area contributed by atoms with Crippen LogP contribution in [0, 0.1) is 5.92 Å². The first-order chi connectivity index (χ1) is 14.0. The second-order valence-corrected chi connectivity index (χ2v) is 7.66. The molecule has 0 saturated carbocycles. The molecule has 170 valence electrons. The van der Waals surface area contributed by atoms with Crippen LogP contribution in [0.3, 0.4) is 0 Å². The van der Waals surface area contributed by atoms with Crippen molar-refractivity contribution in [2.45, 2.75) is 77.0 Å². The molecule has 1 rings (SSSR count). The van der Waals surface area contributed by atoms with Crippen molar-refractivity contribution in [3.63, 3.8) is 0 Å². The van der Waals surface area contributed by atoms with E-state index >= 15 is 0 Å². The highest BCUT2D eigenvalue weighted by atomic mass is 16.4. The monoisotopic (exact) mass is 428 g/mol. The lowest BCUT2D eigenvalue weighted by Crippen LogP contribution is -2.57. The van der Waals surface area contributed by atoms with Crippen LogP contribution in [-0.4, -0.2) is 75.5 Å². The van der Waals surface area contributed by atoms with E-state index in [2.05, 4.69) is 10.6 Å². The van der Waals surface area contributed by atoms with Gasteiger partial charge in [0.2, 0.25) is 17.7 Å². The minimum Gasteiger partial charge on any atom is -0.481 e. The minimum atomic E-state index is -1.27. The van der Waals surface area contributed by atoms with Gasteiger partial charge in [0, 0.05) is 13.0 Å². The Morgan fingerprint density at radius 1 is 1.13 bits per heavy atom. The fourth-order valence-electron chi connectivity index (χ4n) is 3.17. The Morgan fingerprint density at radius 2 is 1.77 bits per heavy atom. The lowest BCUT2D eigenvalue weighted by molar-refractivity contribution is -0.143. The van der Waals surface area contributed by atoms with Gasteiger partial charge in [0.1, 0.15) is 18.1 Å². The molecule has 0 bridgehead atoms. The summed E-state index contributed by atoms with van der Waals surface area (Å²) < 4.78 is 0. The maximum absolute atomic E-state index is 12.8. The van der Waals surface area contributed by atoms with Crippen LogP contribution in [0.2, 0.25) is 0 Å². The third kappa shape index (κ3) is 6.97. The lowest BCUT2D eigenvalue weighted by atomic mass is 9.98. The zero-order valence-corrected chi connectivity index (χ0v) is 17.6. The maximum Gasteiger partial charge on any atom is 0.325 e. The molecule has 6 N–H and O–H groups in total. The highest BCUT2D eigenvalue weighted by molar-refractivity contribution is 5.94. The number of nitrogens with two attached hydrogens (primary N) is 1. The molecule has 1 fully saturated rings. The van der Waals surface area contributed by atoms with E-state index in [0.29, 0.717) is 25.8 Å². The Morgan fingerprint density at radius 3 is 2.30 bits per heavy atom. The number of carbonyl (C=O) groups excluding carboxylic acids is 3. The number of likely N-dealkylation sites (tertiary alicyclic amines) is 1. The van der Waals surface area contributed by atoms with E-state index in [1.54, 1.807) is 0 Å². The van der Waals surface area contributed by atoms with E-state index in [1.165, 1.54) is 11.8 Å². The van der Waals surface area contributed by atoms with Gasteiger partial charge in [-0.3, -0.25) is 24.0 Å². The number of carboxylic acids is 2. The summed E-state index contributed by atoms with van der Waals surface area (Å²) in [5, 5.41) is 22.6. The van der Waals surface area contributed by atoms with Crippen molar-refractivity contribution < 1.29 is 34.2 Å². The standard InChI is InChI=1S/C19H32N4O7/c1-4-10(2)15(20)18(28)23-9-5-6-13(23)17(27)22-12(7-8-14(24)25)16(26)21-11(3)19(29)30/h10-13,15H,4-9,20H2,1-3H3,(H,21,26)(H,22,27)(H,24,25)(H,29,30). The Bertz CT molecular complexity index is 669. The highest BCUT2D eigenvalue weighted by Gasteiger charge is 2.38. The third-order valence-electron chi connectivity index (χ3n) is 5.39. The number of nitrogens with one attached hydrogen (secondary N) is 2.